The van der Waals surface area contributed by atoms with Gasteiger partial charge >= 0.3 is 0 Å². The van der Waals surface area contributed by atoms with E-state index in [1.807, 2.05) is 0 Å². The van der Waals surface area contributed by atoms with Gasteiger partial charge in [0.1, 0.15) is 0 Å². The first-order valence-electron chi connectivity index (χ1n) is 7.55. The van der Waals surface area contributed by atoms with Crippen molar-refractivity contribution in [1.29, 1.82) is 0 Å². The maximum absolute atomic E-state index is 12.5. The van der Waals surface area contributed by atoms with Crippen LogP contribution in [0.25, 0.3) is 0 Å². The minimum atomic E-state index is -3.55. The summed E-state index contributed by atoms with van der Waals surface area (Å²) >= 11 is 0. The standard InChI is InChI=1S/C18H26O3S/c1-15(2)9-8-10-16(3)13-14-18(21-4)22(19,20)17-11-6-5-7-12-17/h5-7,9,11-12,14,16H,8,10,13H2,1-4H3. The lowest BCUT2D eigenvalue weighted by molar-refractivity contribution is 0.313. The lowest BCUT2D eigenvalue weighted by atomic mass is 10.0. The molecule has 122 valence electrons. The SMILES string of the molecule is COC(=CCC(C)CCC=C(C)C)S(=O)(=O)c1ccccc1. The summed E-state index contributed by atoms with van der Waals surface area (Å²) in [5.74, 6) is 0.409. The van der Waals surface area contributed by atoms with E-state index in [0.717, 1.165) is 12.8 Å². The van der Waals surface area contributed by atoms with Crippen LogP contribution in [0.15, 0.2) is 58.0 Å². The second-order valence-corrected chi connectivity index (χ2v) is 7.62. The molecule has 1 aromatic carbocycles. The van der Waals surface area contributed by atoms with Crippen molar-refractivity contribution >= 4 is 9.84 Å². The normalized spacial score (nSPS) is 13.5. The van der Waals surface area contributed by atoms with Gasteiger partial charge in [-0.2, -0.15) is 0 Å². The Hall–Kier alpha value is -1.55. The topological polar surface area (TPSA) is 43.4 Å². The first-order chi connectivity index (χ1) is 10.4. The third kappa shape index (κ3) is 5.68. The van der Waals surface area contributed by atoms with E-state index in [0.29, 0.717) is 12.3 Å². The van der Waals surface area contributed by atoms with Crippen molar-refractivity contribution in [3.05, 3.63) is 53.1 Å². The van der Waals surface area contributed by atoms with Gasteiger partial charge in [-0.15, -0.1) is 0 Å². The van der Waals surface area contributed by atoms with Gasteiger partial charge in [0.15, 0.2) is 0 Å². The van der Waals surface area contributed by atoms with Crippen LogP contribution in [0.2, 0.25) is 0 Å². The predicted molar refractivity (Wildman–Crippen MR) is 91.2 cm³/mol. The zero-order chi connectivity index (χ0) is 16.6. The van der Waals surface area contributed by atoms with Crippen LogP contribution in [0.4, 0.5) is 0 Å². The Morgan fingerprint density at radius 1 is 1.18 bits per heavy atom. The number of sulfone groups is 1. The molecule has 0 bridgehead atoms. The second-order valence-electron chi connectivity index (χ2n) is 5.74. The fourth-order valence-electron chi connectivity index (χ4n) is 2.09. The van der Waals surface area contributed by atoms with E-state index < -0.39 is 9.84 Å². The van der Waals surface area contributed by atoms with Gasteiger partial charge < -0.3 is 4.74 Å². The summed E-state index contributed by atoms with van der Waals surface area (Å²) in [5, 5.41) is 0.0350. The summed E-state index contributed by atoms with van der Waals surface area (Å²) in [5.41, 5.74) is 1.31. The van der Waals surface area contributed by atoms with Gasteiger partial charge in [-0.1, -0.05) is 36.8 Å². The van der Waals surface area contributed by atoms with Gasteiger partial charge in [0.05, 0.1) is 12.0 Å². The van der Waals surface area contributed by atoms with Crippen LogP contribution in [0.5, 0.6) is 0 Å². The molecule has 0 aromatic heterocycles. The van der Waals surface area contributed by atoms with Crippen molar-refractivity contribution in [3.63, 3.8) is 0 Å². The van der Waals surface area contributed by atoms with Crippen LogP contribution in [-0.2, 0) is 14.6 Å². The molecule has 0 spiro atoms. The van der Waals surface area contributed by atoms with Crippen LogP contribution < -0.4 is 0 Å². The summed E-state index contributed by atoms with van der Waals surface area (Å²) in [6.07, 6.45) is 6.63. The zero-order valence-electron chi connectivity index (χ0n) is 13.9. The number of allylic oxidation sites excluding steroid dienone is 3. The number of hydrogen-bond donors (Lipinski definition) is 0. The van der Waals surface area contributed by atoms with Gasteiger partial charge in [0.25, 0.3) is 0 Å². The average Bonchev–Trinajstić information content (AvgIpc) is 2.48. The van der Waals surface area contributed by atoms with Crippen molar-refractivity contribution in [3.8, 4) is 0 Å². The molecule has 0 amide bonds. The van der Waals surface area contributed by atoms with E-state index in [2.05, 4.69) is 26.8 Å². The number of rotatable bonds is 8. The molecule has 1 atom stereocenters. The minimum Gasteiger partial charge on any atom is -0.486 e. The molecule has 0 heterocycles. The molecule has 0 saturated carbocycles. The van der Waals surface area contributed by atoms with Crippen LogP contribution >= 0.6 is 0 Å². The van der Waals surface area contributed by atoms with E-state index in [-0.39, 0.29) is 9.99 Å². The molecule has 1 unspecified atom stereocenters. The van der Waals surface area contributed by atoms with Gasteiger partial charge in [-0.05, 0) is 57.2 Å². The molecule has 0 radical (unpaired) electrons. The maximum Gasteiger partial charge on any atom is 0.238 e. The Balaban J connectivity index is 2.77. The van der Waals surface area contributed by atoms with E-state index in [1.54, 1.807) is 36.4 Å². The molecule has 0 N–H and O–H groups in total. The highest BCUT2D eigenvalue weighted by Crippen LogP contribution is 2.22. The molecular formula is C18H26O3S. The average molecular weight is 322 g/mol. The molecule has 0 fully saturated rings. The molecule has 1 rings (SSSR count). The van der Waals surface area contributed by atoms with Crippen molar-refractivity contribution < 1.29 is 13.2 Å². The van der Waals surface area contributed by atoms with Crippen molar-refractivity contribution in [2.45, 2.75) is 44.9 Å². The van der Waals surface area contributed by atoms with Crippen LogP contribution in [0.3, 0.4) is 0 Å². The molecule has 4 heteroatoms. The number of benzene rings is 1. The molecular weight excluding hydrogens is 296 g/mol. The third-order valence-corrected chi connectivity index (χ3v) is 5.17. The molecule has 22 heavy (non-hydrogen) atoms. The molecule has 0 aliphatic rings. The summed E-state index contributed by atoms with van der Waals surface area (Å²) in [6, 6.07) is 8.38. The van der Waals surface area contributed by atoms with E-state index >= 15 is 0 Å². The Morgan fingerprint density at radius 2 is 1.82 bits per heavy atom. The molecule has 0 aliphatic heterocycles. The molecule has 1 aromatic rings. The Bertz CT molecular complexity index is 609. The predicted octanol–water partition coefficient (Wildman–Crippen LogP) is 4.72. The highest BCUT2D eigenvalue weighted by atomic mass is 32.2. The van der Waals surface area contributed by atoms with Crippen LogP contribution in [0, 0.1) is 5.92 Å². The quantitative estimate of drug-likeness (QED) is 0.514. The maximum atomic E-state index is 12.5. The first kappa shape index (κ1) is 18.5. The monoisotopic (exact) mass is 322 g/mol. The molecule has 3 nitrogen and oxygen atoms in total. The molecule has 0 aliphatic carbocycles. The van der Waals surface area contributed by atoms with Crippen molar-refractivity contribution in [2.24, 2.45) is 5.92 Å². The zero-order valence-corrected chi connectivity index (χ0v) is 14.7. The van der Waals surface area contributed by atoms with Crippen molar-refractivity contribution in [2.75, 3.05) is 7.11 Å². The Kier molecular flexibility index (Phi) is 7.39. The Labute approximate surface area is 134 Å². The highest BCUT2D eigenvalue weighted by molar-refractivity contribution is 7.95. The Morgan fingerprint density at radius 3 is 2.36 bits per heavy atom. The number of hydrogen-bond acceptors (Lipinski definition) is 3. The second kappa shape index (κ2) is 8.79. The fraction of sp³-hybridized carbons (Fsp3) is 0.444. The molecule has 0 saturated heterocycles. The largest absolute Gasteiger partial charge is 0.486 e. The first-order valence-corrected chi connectivity index (χ1v) is 9.04. The minimum absolute atomic E-state index is 0.0350. The fourth-order valence-corrected chi connectivity index (χ4v) is 3.37. The van der Waals surface area contributed by atoms with E-state index in [4.69, 9.17) is 4.74 Å². The highest BCUT2D eigenvalue weighted by Gasteiger charge is 2.21. The van der Waals surface area contributed by atoms with Gasteiger partial charge in [-0.3, -0.25) is 0 Å². The number of methoxy groups -OCH3 is 1. The van der Waals surface area contributed by atoms with Crippen LogP contribution in [0.1, 0.15) is 40.0 Å². The van der Waals surface area contributed by atoms with Gasteiger partial charge in [0.2, 0.25) is 14.9 Å². The van der Waals surface area contributed by atoms with E-state index in [1.165, 1.54) is 12.7 Å². The van der Waals surface area contributed by atoms with Crippen LogP contribution in [-0.4, -0.2) is 15.5 Å². The van der Waals surface area contributed by atoms with Gasteiger partial charge in [-0.25, -0.2) is 8.42 Å². The van der Waals surface area contributed by atoms with E-state index in [9.17, 15) is 8.42 Å². The van der Waals surface area contributed by atoms with Gasteiger partial charge in [0, 0.05) is 0 Å². The summed E-state index contributed by atoms with van der Waals surface area (Å²) in [6.45, 7) is 6.29. The summed E-state index contributed by atoms with van der Waals surface area (Å²) in [7, 11) is -2.15. The summed E-state index contributed by atoms with van der Waals surface area (Å²) in [4.78, 5) is 0.264. The van der Waals surface area contributed by atoms with Crippen molar-refractivity contribution in [1.82, 2.24) is 0 Å². The lowest BCUT2D eigenvalue weighted by Crippen LogP contribution is -2.07. The smallest absolute Gasteiger partial charge is 0.238 e. The third-order valence-electron chi connectivity index (χ3n) is 3.42. The number of ether oxygens (including phenoxy) is 1. The summed E-state index contributed by atoms with van der Waals surface area (Å²) < 4.78 is 30.1. The lowest BCUT2D eigenvalue weighted by Gasteiger charge is -2.11.